The molecule has 1 heterocycles. The van der Waals surface area contributed by atoms with Crippen LogP contribution in [0.25, 0.3) is 0 Å². The third kappa shape index (κ3) is 2.04. The number of anilines is 3. The second-order valence-corrected chi connectivity index (χ2v) is 4.74. The van der Waals surface area contributed by atoms with Crippen molar-refractivity contribution in [1.29, 1.82) is 0 Å². The van der Waals surface area contributed by atoms with Gasteiger partial charge in [0.05, 0.1) is 17.6 Å². The average Bonchev–Trinajstić information content (AvgIpc) is 2.42. The van der Waals surface area contributed by atoms with Crippen LogP contribution in [0.15, 0.2) is 36.7 Å². The quantitative estimate of drug-likeness (QED) is 0.845. The van der Waals surface area contributed by atoms with E-state index in [1.165, 1.54) is 36.1 Å². The van der Waals surface area contributed by atoms with Gasteiger partial charge in [-0.3, -0.25) is 4.98 Å². The van der Waals surface area contributed by atoms with Crippen LogP contribution >= 0.6 is 0 Å². The number of nitrogens with one attached hydrogen (secondary N) is 1. The van der Waals surface area contributed by atoms with Crippen molar-refractivity contribution in [3.63, 3.8) is 0 Å². The van der Waals surface area contributed by atoms with Crippen molar-refractivity contribution in [2.24, 2.45) is 0 Å². The van der Waals surface area contributed by atoms with E-state index in [1.54, 1.807) is 12.4 Å². The minimum atomic E-state index is 0.686. The number of nitrogens with two attached hydrogens (primary N) is 1. The maximum atomic E-state index is 5.92. The number of nitrogens with zero attached hydrogens (tertiary/aromatic N) is 1. The SMILES string of the molecule is Nc1cnccc1Nc1cccc2c1CCCC2. The molecule has 92 valence electrons. The van der Waals surface area contributed by atoms with E-state index in [9.17, 15) is 0 Å². The largest absolute Gasteiger partial charge is 0.396 e. The zero-order valence-electron chi connectivity index (χ0n) is 10.3. The lowest BCUT2D eigenvalue weighted by molar-refractivity contribution is 0.687. The van der Waals surface area contributed by atoms with E-state index < -0.39 is 0 Å². The van der Waals surface area contributed by atoms with Crippen molar-refractivity contribution >= 4 is 17.1 Å². The summed E-state index contributed by atoms with van der Waals surface area (Å²) < 4.78 is 0. The van der Waals surface area contributed by atoms with Gasteiger partial charge in [0, 0.05) is 11.9 Å². The van der Waals surface area contributed by atoms with Crippen LogP contribution in [0.4, 0.5) is 17.1 Å². The lowest BCUT2D eigenvalue weighted by Crippen LogP contribution is -2.06. The van der Waals surface area contributed by atoms with Gasteiger partial charge in [-0.15, -0.1) is 0 Å². The van der Waals surface area contributed by atoms with Crippen LogP contribution in [0.5, 0.6) is 0 Å². The molecule has 0 bridgehead atoms. The number of hydrogen-bond donors (Lipinski definition) is 2. The highest BCUT2D eigenvalue weighted by molar-refractivity contribution is 5.73. The van der Waals surface area contributed by atoms with Crippen molar-refractivity contribution in [2.75, 3.05) is 11.1 Å². The molecular formula is C15H17N3. The highest BCUT2D eigenvalue weighted by Crippen LogP contribution is 2.31. The Bertz CT molecular complexity index is 563. The van der Waals surface area contributed by atoms with Gasteiger partial charge in [-0.1, -0.05) is 12.1 Å². The lowest BCUT2D eigenvalue weighted by atomic mass is 9.90. The van der Waals surface area contributed by atoms with Crippen LogP contribution < -0.4 is 11.1 Å². The van der Waals surface area contributed by atoms with Gasteiger partial charge >= 0.3 is 0 Å². The molecule has 1 aromatic heterocycles. The standard InChI is InChI=1S/C15H17N3/c16-13-10-17-9-8-15(13)18-14-7-3-5-11-4-1-2-6-12(11)14/h3,5,7-10H,1-2,4,6,16H2,(H,17,18). The second-order valence-electron chi connectivity index (χ2n) is 4.74. The summed E-state index contributed by atoms with van der Waals surface area (Å²) in [5, 5.41) is 3.44. The number of rotatable bonds is 2. The van der Waals surface area contributed by atoms with Crippen LogP contribution in [0.3, 0.4) is 0 Å². The maximum absolute atomic E-state index is 5.92. The van der Waals surface area contributed by atoms with E-state index in [-0.39, 0.29) is 0 Å². The van der Waals surface area contributed by atoms with Gasteiger partial charge < -0.3 is 11.1 Å². The first-order valence-corrected chi connectivity index (χ1v) is 6.42. The van der Waals surface area contributed by atoms with Gasteiger partial charge in [-0.25, -0.2) is 0 Å². The third-order valence-electron chi connectivity index (χ3n) is 3.52. The van der Waals surface area contributed by atoms with Crippen molar-refractivity contribution < 1.29 is 0 Å². The van der Waals surface area contributed by atoms with E-state index in [4.69, 9.17) is 5.73 Å². The molecule has 0 saturated heterocycles. The van der Waals surface area contributed by atoms with Crippen LogP contribution in [-0.2, 0) is 12.8 Å². The van der Waals surface area contributed by atoms with E-state index in [1.807, 2.05) is 6.07 Å². The number of hydrogen-bond acceptors (Lipinski definition) is 3. The van der Waals surface area contributed by atoms with Crippen molar-refractivity contribution in [2.45, 2.75) is 25.7 Å². The van der Waals surface area contributed by atoms with E-state index in [0.29, 0.717) is 5.69 Å². The minimum absolute atomic E-state index is 0.686. The molecule has 0 saturated carbocycles. The topological polar surface area (TPSA) is 50.9 Å². The maximum Gasteiger partial charge on any atom is 0.0739 e. The molecule has 3 N–H and O–H groups in total. The Morgan fingerprint density at radius 2 is 1.94 bits per heavy atom. The van der Waals surface area contributed by atoms with Crippen LogP contribution in [-0.4, -0.2) is 4.98 Å². The Morgan fingerprint density at radius 1 is 1.06 bits per heavy atom. The van der Waals surface area contributed by atoms with Crippen molar-refractivity contribution in [3.8, 4) is 0 Å². The fraction of sp³-hybridized carbons (Fsp3) is 0.267. The smallest absolute Gasteiger partial charge is 0.0739 e. The summed E-state index contributed by atoms with van der Waals surface area (Å²) in [5.74, 6) is 0. The normalized spacial score (nSPS) is 14.0. The Morgan fingerprint density at radius 3 is 2.83 bits per heavy atom. The molecule has 0 atom stereocenters. The predicted octanol–water partition coefficient (Wildman–Crippen LogP) is 3.29. The summed E-state index contributed by atoms with van der Waals surface area (Å²) >= 11 is 0. The first-order chi connectivity index (χ1) is 8.84. The minimum Gasteiger partial charge on any atom is -0.396 e. The molecule has 18 heavy (non-hydrogen) atoms. The molecular weight excluding hydrogens is 222 g/mol. The first-order valence-electron chi connectivity index (χ1n) is 6.42. The van der Waals surface area contributed by atoms with Crippen molar-refractivity contribution in [3.05, 3.63) is 47.8 Å². The number of fused-ring (bicyclic) bond motifs is 1. The second kappa shape index (κ2) is 4.69. The van der Waals surface area contributed by atoms with Crippen LogP contribution in [0.1, 0.15) is 24.0 Å². The summed E-state index contributed by atoms with van der Waals surface area (Å²) in [4.78, 5) is 4.01. The molecule has 3 rings (SSSR count). The molecule has 2 aromatic rings. The molecule has 0 amide bonds. The van der Waals surface area contributed by atoms with Crippen LogP contribution in [0.2, 0.25) is 0 Å². The van der Waals surface area contributed by atoms with Gasteiger partial charge in [0.2, 0.25) is 0 Å². The van der Waals surface area contributed by atoms with Gasteiger partial charge in [-0.05, 0) is 48.9 Å². The number of benzene rings is 1. The van der Waals surface area contributed by atoms with Gasteiger partial charge in [0.15, 0.2) is 0 Å². The summed E-state index contributed by atoms with van der Waals surface area (Å²) in [6.45, 7) is 0. The van der Waals surface area contributed by atoms with Crippen molar-refractivity contribution in [1.82, 2.24) is 4.98 Å². The number of nitrogen functional groups attached to an aromatic ring is 1. The summed E-state index contributed by atoms with van der Waals surface area (Å²) in [6, 6.07) is 8.39. The Labute approximate surface area is 107 Å². The van der Waals surface area contributed by atoms with Gasteiger partial charge in [0.1, 0.15) is 0 Å². The molecule has 1 aliphatic rings. The van der Waals surface area contributed by atoms with E-state index in [0.717, 1.165) is 12.1 Å². The molecule has 0 unspecified atom stereocenters. The molecule has 1 aromatic carbocycles. The first kappa shape index (κ1) is 11.1. The third-order valence-corrected chi connectivity index (χ3v) is 3.52. The molecule has 1 aliphatic carbocycles. The fourth-order valence-corrected chi connectivity index (χ4v) is 2.56. The Hall–Kier alpha value is -2.03. The van der Waals surface area contributed by atoms with E-state index in [2.05, 4.69) is 28.5 Å². The van der Waals surface area contributed by atoms with Crippen LogP contribution in [0, 0.1) is 0 Å². The fourth-order valence-electron chi connectivity index (χ4n) is 2.56. The Kier molecular flexibility index (Phi) is 2.89. The zero-order valence-corrected chi connectivity index (χ0v) is 10.3. The predicted molar refractivity (Wildman–Crippen MR) is 75.0 cm³/mol. The number of aromatic nitrogens is 1. The summed E-state index contributed by atoms with van der Waals surface area (Å²) in [5.41, 5.74) is 11.6. The molecule has 0 fully saturated rings. The summed E-state index contributed by atoms with van der Waals surface area (Å²) in [7, 11) is 0. The Balaban J connectivity index is 1.96. The number of pyridine rings is 1. The highest BCUT2D eigenvalue weighted by Gasteiger charge is 2.13. The molecule has 0 spiro atoms. The van der Waals surface area contributed by atoms with Gasteiger partial charge in [-0.2, -0.15) is 0 Å². The monoisotopic (exact) mass is 239 g/mol. The molecule has 0 radical (unpaired) electrons. The number of aryl methyl sites for hydroxylation is 1. The average molecular weight is 239 g/mol. The van der Waals surface area contributed by atoms with E-state index >= 15 is 0 Å². The molecule has 0 aliphatic heterocycles. The summed E-state index contributed by atoms with van der Waals surface area (Å²) in [6.07, 6.45) is 8.36. The lowest BCUT2D eigenvalue weighted by Gasteiger charge is -2.20. The zero-order chi connectivity index (χ0) is 12.4. The highest BCUT2D eigenvalue weighted by atomic mass is 14.9. The molecule has 3 heteroatoms. The molecule has 3 nitrogen and oxygen atoms in total. The van der Waals surface area contributed by atoms with Gasteiger partial charge in [0.25, 0.3) is 0 Å².